The lowest BCUT2D eigenvalue weighted by molar-refractivity contribution is -0.129. The van der Waals surface area contributed by atoms with Gasteiger partial charge in [0.05, 0.1) is 12.4 Å². The highest BCUT2D eigenvalue weighted by atomic mass is 79.9. The van der Waals surface area contributed by atoms with Crippen LogP contribution in [0.15, 0.2) is 58.2 Å². The first kappa shape index (κ1) is 23.6. The minimum Gasteiger partial charge on any atom is -0.494 e. The SMILES string of the molecule is CCOc1ccc(-n2c(COc3ccc(Br)cc3)nnc2SCC(=O)N2CCCCC2)cc1. The van der Waals surface area contributed by atoms with Crippen molar-refractivity contribution in [1.29, 1.82) is 0 Å². The van der Waals surface area contributed by atoms with E-state index in [-0.39, 0.29) is 12.5 Å². The van der Waals surface area contributed by atoms with Crippen LogP contribution in [-0.4, -0.2) is 51.0 Å². The van der Waals surface area contributed by atoms with E-state index in [1.807, 2.05) is 64.9 Å². The van der Waals surface area contributed by atoms with Crippen molar-refractivity contribution in [3.8, 4) is 17.2 Å². The van der Waals surface area contributed by atoms with Crippen LogP contribution in [0.25, 0.3) is 5.69 Å². The average Bonchev–Trinajstić information content (AvgIpc) is 3.26. The van der Waals surface area contributed by atoms with Crippen LogP contribution in [0.1, 0.15) is 32.0 Å². The van der Waals surface area contributed by atoms with E-state index in [1.54, 1.807) is 0 Å². The van der Waals surface area contributed by atoms with Gasteiger partial charge in [-0.1, -0.05) is 27.7 Å². The smallest absolute Gasteiger partial charge is 0.233 e. The van der Waals surface area contributed by atoms with Gasteiger partial charge in [0.25, 0.3) is 0 Å². The lowest BCUT2D eigenvalue weighted by Crippen LogP contribution is -2.36. The number of amides is 1. The molecule has 0 unspecified atom stereocenters. The summed E-state index contributed by atoms with van der Waals surface area (Å²) in [6.07, 6.45) is 3.36. The topological polar surface area (TPSA) is 69.5 Å². The first-order valence-electron chi connectivity index (χ1n) is 11.1. The number of carbonyl (C=O) groups excluding carboxylic acids is 1. The molecule has 0 radical (unpaired) electrons. The van der Waals surface area contributed by atoms with Gasteiger partial charge in [-0.05, 0) is 74.7 Å². The summed E-state index contributed by atoms with van der Waals surface area (Å²) in [5.74, 6) is 2.69. The molecule has 1 aliphatic rings. The third kappa shape index (κ3) is 6.29. The number of aromatic nitrogens is 3. The van der Waals surface area contributed by atoms with Gasteiger partial charge in [-0.25, -0.2) is 0 Å². The zero-order valence-electron chi connectivity index (χ0n) is 18.6. The number of carbonyl (C=O) groups is 1. The van der Waals surface area contributed by atoms with Crippen molar-refractivity contribution in [2.45, 2.75) is 37.9 Å². The molecule has 2 heterocycles. The van der Waals surface area contributed by atoms with E-state index < -0.39 is 0 Å². The maximum absolute atomic E-state index is 12.7. The van der Waals surface area contributed by atoms with E-state index in [1.165, 1.54) is 18.2 Å². The number of ether oxygens (including phenoxy) is 2. The van der Waals surface area contributed by atoms with Gasteiger partial charge in [-0.3, -0.25) is 9.36 Å². The second-order valence-electron chi connectivity index (χ2n) is 7.63. The molecule has 33 heavy (non-hydrogen) atoms. The molecule has 0 saturated carbocycles. The molecule has 0 aliphatic carbocycles. The quantitative estimate of drug-likeness (QED) is 0.358. The van der Waals surface area contributed by atoms with Crippen molar-refractivity contribution < 1.29 is 14.3 Å². The van der Waals surface area contributed by atoms with Crippen molar-refractivity contribution >= 4 is 33.6 Å². The minimum absolute atomic E-state index is 0.147. The molecule has 3 aromatic rings. The van der Waals surface area contributed by atoms with E-state index in [2.05, 4.69) is 26.1 Å². The van der Waals surface area contributed by atoms with Crippen LogP contribution in [0.2, 0.25) is 0 Å². The minimum atomic E-state index is 0.147. The number of hydrogen-bond donors (Lipinski definition) is 0. The van der Waals surface area contributed by atoms with E-state index in [0.717, 1.165) is 47.6 Å². The predicted octanol–water partition coefficient (Wildman–Crippen LogP) is 5.11. The molecule has 0 N–H and O–H groups in total. The van der Waals surface area contributed by atoms with Crippen LogP contribution in [0.5, 0.6) is 11.5 Å². The number of hydrogen-bond acceptors (Lipinski definition) is 6. The zero-order chi connectivity index (χ0) is 23.0. The maximum atomic E-state index is 12.7. The van der Waals surface area contributed by atoms with Crippen LogP contribution >= 0.6 is 27.7 Å². The molecule has 0 bridgehead atoms. The summed E-state index contributed by atoms with van der Waals surface area (Å²) >= 11 is 4.84. The first-order chi connectivity index (χ1) is 16.1. The Labute approximate surface area is 206 Å². The van der Waals surface area contributed by atoms with Crippen molar-refractivity contribution in [2.75, 3.05) is 25.4 Å². The van der Waals surface area contributed by atoms with Gasteiger partial charge in [0.1, 0.15) is 18.1 Å². The van der Waals surface area contributed by atoms with Crippen molar-refractivity contribution in [3.05, 3.63) is 58.8 Å². The fourth-order valence-corrected chi connectivity index (χ4v) is 4.78. The van der Waals surface area contributed by atoms with Crippen LogP contribution in [0.4, 0.5) is 0 Å². The van der Waals surface area contributed by atoms with Crippen LogP contribution in [0, 0.1) is 0 Å². The molecule has 1 aliphatic heterocycles. The molecule has 4 rings (SSSR count). The lowest BCUT2D eigenvalue weighted by Gasteiger charge is -2.26. The van der Waals surface area contributed by atoms with Crippen LogP contribution < -0.4 is 9.47 Å². The van der Waals surface area contributed by atoms with Gasteiger partial charge in [0.2, 0.25) is 5.91 Å². The first-order valence-corrected chi connectivity index (χ1v) is 12.9. The molecule has 1 aromatic heterocycles. The summed E-state index contributed by atoms with van der Waals surface area (Å²) in [7, 11) is 0. The fourth-order valence-electron chi connectivity index (χ4n) is 3.64. The standard InChI is InChI=1S/C24H27BrN4O3S/c1-2-31-20-12-8-19(9-13-20)29-22(16-32-21-10-6-18(25)7-11-21)26-27-24(29)33-17-23(30)28-14-4-3-5-15-28/h6-13H,2-5,14-17H2,1H3. The Hall–Kier alpha value is -2.52. The van der Waals surface area contributed by atoms with Crippen LogP contribution in [-0.2, 0) is 11.4 Å². The molecule has 1 saturated heterocycles. The summed E-state index contributed by atoms with van der Waals surface area (Å²) in [4.78, 5) is 14.6. The van der Waals surface area contributed by atoms with E-state index in [0.29, 0.717) is 23.3 Å². The predicted molar refractivity (Wildman–Crippen MR) is 132 cm³/mol. The number of nitrogens with zero attached hydrogens (tertiary/aromatic N) is 4. The number of piperidine rings is 1. The largest absolute Gasteiger partial charge is 0.494 e. The molecule has 1 amide bonds. The van der Waals surface area contributed by atoms with Gasteiger partial charge in [-0.2, -0.15) is 0 Å². The molecule has 0 atom stereocenters. The molecule has 0 spiro atoms. The normalized spacial score (nSPS) is 13.7. The highest BCUT2D eigenvalue weighted by molar-refractivity contribution is 9.10. The Kier molecular flexibility index (Phi) is 8.28. The number of rotatable bonds is 9. The Morgan fingerprint density at radius 2 is 1.64 bits per heavy atom. The summed E-state index contributed by atoms with van der Waals surface area (Å²) in [6, 6.07) is 15.4. The Balaban J connectivity index is 1.53. The maximum Gasteiger partial charge on any atom is 0.233 e. The van der Waals surface area contributed by atoms with Gasteiger partial charge >= 0.3 is 0 Å². The number of thioether (sulfide) groups is 1. The molecule has 2 aromatic carbocycles. The van der Waals surface area contributed by atoms with Gasteiger partial charge < -0.3 is 14.4 Å². The summed E-state index contributed by atoms with van der Waals surface area (Å²) in [5.41, 5.74) is 0.894. The van der Waals surface area contributed by atoms with Gasteiger partial charge in [-0.15, -0.1) is 10.2 Å². The highest BCUT2D eigenvalue weighted by Gasteiger charge is 2.20. The number of likely N-dealkylation sites (tertiary alicyclic amines) is 1. The molecule has 174 valence electrons. The zero-order valence-corrected chi connectivity index (χ0v) is 21.0. The summed E-state index contributed by atoms with van der Waals surface area (Å²) in [5, 5.41) is 9.42. The summed E-state index contributed by atoms with van der Waals surface area (Å²) < 4.78 is 14.5. The number of benzene rings is 2. The molecular weight excluding hydrogens is 504 g/mol. The Morgan fingerprint density at radius 1 is 0.970 bits per heavy atom. The molecule has 9 heteroatoms. The highest BCUT2D eigenvalue weighted by Crippen LogP contribution is 2.26. The third-order valence-corrected chi connectivity index (χ3v) is 6.76. The molecule has 7 nitrogen and oxygen atoms in total. The molecular formula is C24H27BrN4O3S. The van der Waals surface area contributed by atoms with E-state index >= 15 is 0 Å². The lowest BCUT2D eigenvalue weighted by atomic mass is 10.1. The third-order valence-electron chi connectivity index (χ3n) is 5.32. The van der Waals surface area contributed by atoms with Gasteiger partial charge in [0, 0.05) is 23.2 Å². The Morgan fingerprint density at radius 3 is 2.33 bits per heavy atom. The average molecular weight is 531 g/mol. The van der Waals surface area contributed by atoms with Gasteiger partial charge in [0.15, 0.2) is 11.0 Å². The monoisotopic (exact) mass is 530 g/mol. The number of halogens is 1. The summed E-state index contributed by atoms with van der Waals surface area (Å²) in [6.45, 7) is 4.51. The Bertz CT molecular complexity index is 1050. The van der Waals surface area contributed by atoms with Crippen molar-refractivity contribution in [1.82, 2.24) is 19.7 Å². The fraction of sp³-hybridized carbons (Fsp3) is 0.375. The van der Waals surface area contributed by atoms with Crippen molar-refractivity contribution in [3.63, 3.8) is 0 Å². The van der Waals surface area contributed by atoms with Crippen LogP contribution in [0.3, 0.4) is 0 Å². The second kappa shape index (κ2) is 11.6. The van der Waals surface area contributed by atoms with E-state index in [4.69, 9.17) is 9.47 Å². The molecule has 1 fully saturated rings. The van der Waals surface area contributed by atoms with Crippen molar-refractivity contribution in [2.24, 2.45) is 0 Å². The van der Waals surface area contributed by atoms with E-state index in [9.17, 15) is 4.79 Å². The second-order valence-corrected chi connectivity index (χ2v) is 9.49.